The summed E-state index contributed by atoms with van der Waals surface area (Å²) in [6, 6.07) is 16.0. The number of likely N-dealkylation sites (tertiary alicyclic amines) is 1. The van der Waals surface area contributed by atoms with Gasteiger partial charge in [0.2, 0.25) is 23.6 Å². The van der Waals surface area contributed by atoms with Crippen molar-refractivity contribution in [2.45, 2.75) is 89.1 Å². The summed E-state index contributed by atoms with van der Waals surface area (Å²) in [4.78, 5) is 96.5. The number of aromatic nitrogens is 2. The number of imide groups is 1. The fraction of sp³-hybridized carbons (Fsp3) is 0.255. The number of halogens is 6. The topological polar surface area (TPSA) is 246 Å². The van der Waals surface area contributed by atoms with E-state index in [1.165, 1.54) is 36.7 Å². The predicted molar refractivity (Wildman–Crippen MR) is 265 cm³/mol. The molecule has 0 aliphatic carbocycles. The molecule has 7 amide bonds. The van der Waals surface area contributed by atoms with Crippen molar-refractivity contribution in [1.82, 2.24) is 30.8 Å². The molecule has 77 heavy (non-hydrogen) atoms. The first-order chi connectivity index (χ1) is 36.4. The summed E-state index contributed by atoms with van der Waals surface area (Å²) in [5, 5.41) is 8.17. The number of carbonyl (C=O) groups is 7. The van der Waals surface area contributed by atoms with Crippen LogP contribution in [0.4, 0.5) is 31.1 Å². The van der Waals surface area contributed by atoms with Crippen molar-refractivity contribution in [1.29, 1.82) is 0 Å². The summed E-state index contributed by atoms with van der Waals surface area (Å²) in [5.41, 5.74) is 11.5. The zero-order chi connectivity index (χ0) is 55.9. The third-order valence-corrected chi connectivity index (χ3v) is 12.2. The standard InChI is InChI=1S/C30H29F3N4O5.C25H21F3N4O3/c1-30(2,3)42-29(41)37-24(8-9-25(37)38)28(40)36-23(13-16-11-18(31)15-19(32)12-16)26-20(5-4-10-35-26)17-6-7-22(33)21(14-17)27(34)39;26-15-8-13(9-16(27)12-15)10-21(32-25(35)20-5-6-22(33)31-20)23-17(2-1-7-30-23)14-3-4-19(28)18(11-14)24(29)34/h4-7,10-12,14-15,23-24H,8-9,13H2,1-3H3,(H2,34,39)(H,36,40);1-4,7-9,11-12,20-21H,5-6,10H2,(H2,29,34)(H,31,33)(H,32,35)/t23-,24+;20-,21+/m01/s1. The summed E-state index contributed by atoms with van der Waals surface area (Å²) < 4.78 is 89.5. The van der Waals surface area contributed by atoms with E-state index < -0.39 is 100 Å². The number of primary amides is 2. The highest BCUT2D eigenvalue weighted by atomic mass is 19.2. The lowest BCUT2D eigenvalue weighted by molar-refractivity contribution is -0.134. The highest BCUT2D eigenvalue weighted by molar-refractivity contribution is 6.01. The van der Waals surface area contributed by atoms with Crippen molar-refractivity contribution in [3.8, 4) is 22.3 Å². The molecule has 0 unspecified atom stereocenters. The Kier molecular flexibility index (Phi) is 17.2. The van der Waals surface area contributed by atoms with Crippen LogP contribution < -0.4 is 27.4 Å². The molecule has 2 aliphatic rings. The monoisotopic (exact) mass is 1060 g/mol. The number of hydrogen-bond acceptors (Lipinski definition) is 10. The third-order valence-electron chi connectivity index (χ3n) is 12.2. The Morgan fingerprint density at radius 1 is 0.649 bits per heavy atom. The molecule has 2 fully saturated rings. The van der Waals surface area contributed by atoms with Gasteiger partial charge in [-0.3, -0.25) is 38.7 Å². The molecule has 6 aromatic rings. The smallest absolute Gasteiger partial charge is 0.417 e. The molecule has 0 bridgehead atoms. The van der Waals surface area contributed by atoms with Crippen LogP contribution in [0.2, 0.25) is 0 Å². The van der Waals surface area contributed by atoms with Crippen molar-refractivity contribution in [3.05, 3.63) is 178 Å². The average Bonchev–Trinajstić information content (AvgIpc) is 3.98. The van der Waals surface area contributed by atoms with E-state index in [0.717, 1.165) is 47.4 Å². The predicted octanol–water partition coefficient (Wildman–Crippen LogP) is 7.53. The zero-order valence-electron chi connectivity index (χ0n) is 41.5. The van der Waals surface area contributed by atoms with E-state index in [-0.39, 0.29) is 66.0 Å². The fourth-order valence-corrected chi connectivity index (χ4v) is 8.83. The second-order valence-electron chi connectivity index (χ2n) is 19.0. The van der Waals surface area contributed by atoms with Gasteiger partial charge in [0, 0.05) is 48.5 Å². The zero-order valence-corrected chi connectivity index (χ0v) is 41.5. The van der Waals surface area contributed by atoms with Crippen LogP contribution in [0.3, 0.4) is 0 Å². The highest BCUT2D eigenvalue weighted by Gasteiger charge is 2.43. The number of rotatable bonds is 14. The third kappa shape index (κ3) is 14.1. The molecule has 4 aromatic carbocycles. The van der Waals surface area contributed by atoms with Gasteiger partial charge < -0.3 is 32.2 Å². The normalized spacial score (nSPS) is 15.9. The molecule has 0 spiro atoms. The molecular formula is C55H50F6N8O8. The lowest BCUT2D eigenvalue weighted by Gasteiger charge is -2.28. The molecule has 8 rings (SSSR count). The minimum atomic E-state index is -1.21. The van der Waals surface area contributed by atoms with E-state index in [2.05, 4.69) is 25.9 Å². The molecule has 2 saturated heterocycles. The Morgan fingerprint density at radius 3 is 1.52 bits per heavy atom. The van der Waals surface area contributed by atoms with E-state index in [4.69, 9.17) is 16.2 Å². The summed E-state index contributed by atoms with van der Waals surface area (Å²) in [5.74, 6) is -8.83. The van der Waals surface area contributed by atoms with Crippen molar-refractivity contribution >= 4 is 41.5 Å². The van der Waals surface area contributed by atoms with Gasteiger partial charge in [-0.25, -0.2) is 36.0 Å². The number of hydrogen-bond donors (Lipinski definition) is 5. The number of ether oxygens (including phenoxy) is 1. The van der Waals surface area contributed by atoms with Crippen LogP contribution in [-0.2, 0) is 36.8 Å². The van der Waals surface area contributed by atoms with Crippen LogP contribution in [0.5, 0.6) is 0 Å². The van der Waals surface area contributed by atoms with Gasteiger partial charge in [-0.05, 0) is 129 Å². The molecule has 7 N–H and O–H groups in total. The van der Waals surface area contributed by atoms with Crippen LogP contribution in [0.25, 0.3) is 22.3 Å². The van der Waals surface area contributed by atoms with Gasteiger partial charge in [0.25, 0.3) is 11.8 Å². The second kappa shape index (κ2) is 23.7. The quantitative estimate of drug-likeness (QED) is 0.0671. The summed E-state index contributed by atoms with van der Waals surface area (Å²) in [6.07, 6.45) is 2.21. The molecular weight excluding hydrogens is 1010 g/mol. The fourth-order valence-electron chi connectivity index (χ4n) is 8.83. The van der Waals surface area contributed by atoms with Gasteiger partial charge in [-0.15, -0.1) is 0 Å². The van der Waals surface area contributed by atoms with Crippen molar-refractivity contribution < 1.29 is 64.6 Å². The molecule has 2 aromatic heterocycles. The SMILES string of the molecule is CC(C)(C)OC(=O)N1C(=O)CC[C@@H]1C(=O)N[C@@H](Cc1cc(F)cc(F)c1)c1ncccc1-c1ccc(F)c(C(N)=O)c1.NC(=O)c1cc(-c2cccnc2[C@H](Cc2cc(F)cc(F)c2)NC(=O)[C@H]2CCC(=O)N2)ccc1F. The first-order valence-electron chi connectivity index (χ1n) is 23.9. The number of amides is 7. The molecule has 16 nitrogen and oxygen atoms in total. The van der Waals surface area contributed by atoms with Crippen molar-refractivity contribution in [2.24, 2.45) is 11.5 Å². The Morgan fingerprint density at radius 2 is 1.10 bits per heavy atom. The van der Waals surface area contributed by atoms with E-state index in [9.17, 15) is 59.9 Å². The van der Waals surface area contributed by atoms with Crippen LogP contribution in [-0.4, -0.2) is 74.1 Å². The largest absolute Gasteiger partial charge is 0.443 e. The molecule has 4 atom stereocenters. The van der Waals surface area contributed by atoms with Crippen LogP contribution >= 0.6 is 0 Å². The van der Waals surface area contributed by atoms with E-state index in [1.807, 2.05) is 0 Å². The number of nitrogens with one attached hydrogen (secondary N) is 3. The first kappa shape index (κ1) is 55.8. The van der Waals surface area contributed by atoms with Gasteiger partial charge in [0.05, 0.1) is 34.6 Å². The Bertz CT molecular complexity index is 3260. The van der Waals surface area contributed by atoms with Gasteiger partial charge in [-0.1, -0.05) is 24.3 Å². The van der Waals surface area contributed by atoms with Gasteiger partial charge in [0.1, 0.15) is 52.6 Å². The van der Waals surface area contributed by atoms with Crippen LogP contribution in [0.15, 0.2) is 109 Å². The van der Waals surface area contributed by atoms with Crippen LogP contribution in [0, 0.1) is 34.9 Å². The Hall–Kier alpha value is -8.95. The van der Waals surface area contributed by atoms with E-state index >= 15 is 0 Å². The lowest BCUT2D eigenvalue weighted by atomic mass is 9.94. The van der Waals surface area contributed by atoms with Gasteiger partial charge in [-0.2, -0.15) is 0 Å². The maximum Gasteiger partial charge on any atom is 0.417 e. The van der Waals surface area contributed by atoms with Gasteiger partial charge >= 0.3 is 6.09 Å². The number of pyridine rings is 2. The number of nitrogens with two attached hydrogens (primary N) is 2. The highest BCUT2D eigenvalue weighted by Crippen LogP contribution is 2.33. The average molecular weight is 1070 g/mol. The Labute approximate surface area is 436 Å². The van der Waals surface area contributed by atoms with Gasteiger partial charge in [0.15, 0.2) is 0 Å². The molecule has 22 heteroatoms. The van der Waals surface area contributed by atoms with Crippen molar-refractivity contribution in [2.75, 3.05) is 0 Å². The van der Waals surface area contributed by atoms with E-state index in [0.29, 0.717) is 40.4 Å². The second-order valence-corrected chi connectivity index (χ2v) is 19.0. The van der Waals surface area contributed by atoms with Crippen molar-refractivity contribution in [3.63, 3.8) is 0 Å². The number of carbonyl (C=O) groups excluding carboxylic acids is 7. The number of nitrogens with zero attached hydrogens (tertiary/aromatic N) is 3. The molecule has 0 saturated carbocycles. The maximum atomic E-state index is 14.2. The summed E-state index contributed by atoms with van der Waals surface area (Å²) in [7, 11) is 0. The maximum absolute atomic E-state index is 14.2. The Balaban J connectivity index is 0.000000227. The van der Waals surface area contributed by atoms with E-state index in [1.54, 1.807) is 45.0 Å². The minimum Gasteiger partial charge on any atom is -0.443 e. The summed E-state index contributed by atoms with van der Waals surface area (Å²) >= 11 is 0. The lowest BCUT2D eigenvalue weighted by Crippen LogP contribution is -2.50. The minimum absolute atomic E-state index is 0.0280. The first-order valence-corrected chi connectivity index (χ1v) is 23.9. The number of benzene rings is 4. The summed E-state index contributed by atoms with van der Waals surface area (Å²) in [6.45, 7) is 4.86. The molecule has 0 radical (unpaired) electrons. The molecule has 400 valence electrons. The molecule has 2 aliphatic heterocycles. The van der Waals surface area contributed by atoms with Crippen LogP contribution in [0.1, 0.15) is 102 Å². The molecule has 4 heterocycles.